The molecule has 0 unspecified atom stereocenters. The molecule has 0 radical (unpaired) electrons. The smallest absolute Gasteiger partial charge is 0.164 e. The highest BCUT2D eigenvalue weighted by Crippen LogP contribution is 2.36. The van der Waals surface area contributed by atoms with Gasteiger partial charge in [-0.15, -0.1) is 0 Å². The predicted octanol–water partition coefficient (Wildman–Crippen LogP) is 14.8. The molecule has 0 amide bonds. The summed E-state index contributed by atoms with van der Waals surface area (Å²) in [5.74, 6) is 1.69. The Hall–Kier alpha value is -9.33. The lowest BCUT2D eigenvalue weighted by Gasteiger charge is -2.14. The molecule has 0 aliphatic carbocycles. The van der Waals surface area contributed by atoms with E-state index in [2.05, 4.69) is 174 Å². The summed E-state index contributed by atoms with van der Waals surface area (Å²) in [4.78, 5) is 34.9. The molecule has 5 heterocycles. The van der Waals surface area contributed by atoms with E-state index in [1.54, 1.807) is 0 Å². The Morgan fingerprint density at radius 1 is 0.235 bits per heavy atom. The minimum Gasteiger partial charge on any atom is -0.263 e. The van der Waals surface area contributed by atoms with Crippen LogP contribution in [0.5, 0.6) is 0 Å². The second-order valence-corrected chi connectivity index (χ2v) is 16.7. The van der Waals surface area contributed by atoms with E-state index in [9.17, 15) is 0 Å². The second-order valence-electron chi connectivity index (χ2n) is 16.7. The van der Waals surface area contributed by atoms with Crippen molar-refractivity contribution in [3.63, 3.8) is 0 Å². The van der Waals surface area contributed by atoms with E-state index in [4.69, 9.17) is 24.9 Å². The predicted molar refractivity (Wildman–Crippen MR) is 275 cm³/mol. The van der Waals surface area contributed by atoms with E-state index in [-0.39, 0.29) is 0 Å². The minimum atomic E-state index is 0.543. The third kappa shape index (κ3) is 7.95. The number of hydrogen-bond acceptors (Lipinski definition) is 7. The Bertz CT molecular complexity index is 3530. The minimum absolute atomic E-state index is 0.543. The van der Waals surface area contributed by atoms with E-state index in [1.807, 2.05) is 73.6 Å². The van der Waals surface area contributed by atoms with Crippen LogP contribution in [0.25, 0.3) is 123 Å². The van der Waals surface area contributed by atoms with Gasteiger partial charge in [-0.2, -0.15) is 0 Å². The number of fused-ring (bicyclic) bond motifs is 2. The van der Waals surface area contributed by atoms with Gasteiger partial charge in [0.25, 0.3) is 0 Å². The quantitative estimate of drug-likeness (QED) is 0.143. The molecule has 0 N–H and O–H groups in total. The Labute approximate surface area is 393 Å². The molecule has 0 atom stereocenters. The normalized spacial score (nSPS) is 11.2. The lowest BCUT2D eigenvalue weighted by atomic mass is 9.96. The zero-order valence-electron chi connectivity index (χ0n) is 36.6. The Kier molecular flexibility index (Phi) is 10.4. The first-order valence-corrected chi connectivity index (χ1v) is 22.5. The van der Waals surface area contributed by atoms with Crippen molar-refractivity contribution in [3.8, 4) is 101 Å². The summed E-state index contributed by atoms with van der Waals surface area (Å²) in [5, 5.41) is 4.35. The number of pyridine rings is 4. The molecular formula is C61H39N7. The second kappa shape index (κ2) is 17.6. The highest BCUT2D eigenvalue weighted by molar-refractivity contribution is 5.96. The molecule has 7 heteroatoms. The van der Waals surface area contributed by atoms with E-state index in [0.29, 0.717) is 17.5 Å². The van der Waals surface area contributed by atoms with Crippen molar-refractivity contribution in [1.29, 1.82) is 0 Å². The Balaban J connectivity index is 1.02. The van der Waals surface area contributed by atoms with Crippen LogP contribution in [-0.4, -0.2) is 34.9 Å². The van der Waals surface area contributed by atoms with Crippen LogP contribution in [0.15, 0.2) is 237 Å². The fourth-order valence-corrected chi connectivity index (χ4v) is 8.88. The monoisotopic (exact) mass is 869 g/mol. The van der Waals surface area contributed by atoms with Crippen LogP contribution < -0.4 is 0 Å². The maximum Gasteiger partial charge on any atom is 0.164 e. The van der Waals surface area contributed by atoms with Gasteiger partial charge in [0.05, 0.1) is 11.4 Å². The van der Waals surface area contributed by atoms with E-state index in [1.165, 1.54) is 0 Å². The molecule has 0 spiro atoms. The first-order chi connectivity index (χ1) is 33.7. The fourth-order valence-electron chi connectivity index (χ4n) is 8.88. The molecule has 318 valence electrons. The molecule has 7 aromatic carbocycles. The van der Waals surface area contributed by atoms with Crippen LogP contribution >= 0.6 is 0 Å². The van der Waals surface area contributed by atoms with Gasteiger partial charge in [0.1, 0.15) is 0 Å². The molecule has 12 aromatic rings. The van der Waals surface area contributed by atoms with Gasteiger partial charge >= 0.3 is 0 Å². The van der Waals surface area contributed by atoms with Crippen molar-refractivity contribution in [2.45, 2.75) is 0 Å². The molecule has 0 aliphatic heterocycles. The summed E-state index contributed by atoms with van der Waals surface area (Å²) in [6.07, 6.45) is 11.4. The van der Waals surface area contributed by atoms with Gasteiger partial charge in [0.15, 0.2) is 17.5 Å². The highest BCUT2D eigenvalue weighted by Gasteiger charge is 2.17. The van der Waals surface area contributed by atoms with Gasteiger partial charge in [-0.05, 0) is 86.6 Å². The van der Waals surface area contributed by atoms with E-state index in [0.717, 1.165) is 105 Å². The van der Waals surface area contributed by atoms with Crippen LogP contribution in [0.3, 0.4) is 0 Å². The zero-order chi connectivity index (χ0) is 45.2. The maximum atomic E-state index is 5.28. The van der Waals surface area contributed by atoms with Gasteiger partial charge in [-0.1, -0.05) is 158 Å². The number of hydrogen-bond donors (Lipinski definition) is 0. The highest BCUT2D eigenvalue weighted by atomic mass is 15.0. The maximum absolute atomic E-state index is 5.28. The molecule has 0 fully saturated rings. The van der Waals surface area contributed by atoms with E-state index >= 15 is 0 Å². The van der Waals surface area contributed by atoms with Crippen LogP contribution in [0.1, 0.15) is 0 Å². The van der Waals surface area contributed by atoms with E-state index < -0.39 is 0 Å². The number of nitrogens with zero attached hydrogens (tertiary/aromatic N) is 7. The van der Waals surface area contributed by atoms with Crippen molar-refractivity contribution < 1.29 is 0 Å². The zero-order valence-corrected chi connectivity index (χ0v) is 36.6. The SMILES string of the molecule is c1ccc(-c2cccc(-c3nc(-c4cccc(-c5ccccc5)c4)nc(-c4cc(-c5ccc(-c6cncc7ccccc67)nc5)cc(-c5ccc(-c6cncc7ccccc67)nc5)c4)n3)c2)cc1. The number of rotatable bonds is 9. The number of aromatic nitrogens is 7. The standard InChI is InChI=1S/C61H39N7/c1-3-13-40(14-4-1)42-19-11-21-44(29-42)59-66-60(45-22-12-20-43(30-45)41-15-5-2-6-16-41)68-61(67-59)52-32-50(46-25-27-57(64-36-46)55-38-62-34-48-17-7-9-23-53(48)55)31-51(33-52)47-26-28-58(65-37-47)56-39-63-35-49-18-8-10-24-54(49)56/h1-39H. The van der Waals surface area contributed by atoms with Crippen LogP contribution in [0, 0.1) is 0 Å². The summed E-state index contributed by atoms with van der Waals surface area (Å²) >= 11 is 0. The lowest BCUT2D eigenvalue weighted by Crippen LogP contribution is -2.01. The van der Waals surface area contributed by atoms with Crippen molar-refractivity contribution in [2.24, 2.45) is 0 Å². The average Bonchev–Trinajstić information content (AvgIpc) is 3.43. The Morgan fingerprint density at radius 3 is 1.07 bits per heavy atom. The van der Waals surface area contributed by atoms with Crippen LogP contribution in [0.2, 0.25) is 0 Å². The average molecular weight is 870 g/mol. The number of benzene rings is 7. The lowest BCUT2D eigenvalue weighted by molar-refractivity contribution is 1.07. The summed E-state index contributed by atoms with van der Waals surface area (Å²) in [5.41, 5.74) is 14.4. The summed E-state index contributed by atoms with van der Waals surface area (Å²) < 4.78 is 0. The van der Waals surface area contributed by atoms with Crippen LogP contribution in [0.4, 0.5) is 0 Å². The third-order valence-electron chi connectivity index (χ3n) is 12.4. The van der Waals surface area contributed by atoms with Crippen LogP contribution in [-0.2, 0) is 0 Å². The van der Waals surface area contributed by atoms with Gasteiger partial charge < -0.3 is 0 Å². The van der Waals surface area contributed by atoms with Crippen molar-refractivity contribution in [2.75, 3.05) is 0 Å². The molecule has 0 bridgehead atoms. The molecule has 7 nitrogen and oxygen atoms in total. The van der Waals surface area contributed by atoms with Gasteiger partial charge in [0, 0.05) is 86.9 Å². The molecule has 12 rings (SSSR count). The van der Waals surface area contributed by atoms with Gasteiger partial charge in [-0.25, -0.2) is 15.0 Å². The van der Waals surface area contributed by atoms with Crippen molar-refractivity contribution in [1.82, 2.24) is 34.9 Å². The first-order valence-electron chi connectivity index (χ1n) is 22.5. The molecule has 5 aromatic heterocycles. The molecule has 0 aliphatic rings. The summed E-state index contributed by atoms with van der Waals surface area (Å²) in [6, 6.07) is 68.9. The molecule has 68 heavy (non-hydrogen) atoms. The summed E-state index contributed by atoms with van der Waals surface area (Å²) in [6.45, 7) is 0. The Morgan fingerprint density at radius 2 is 0.618 bits per heavy atom. The van der Waals surface area contributed by atoms with Crippen molar-refractivity contribution >= 4 is 21.5 Å². The largest absolute Gasteiger partial charge is 0.263 e. The molecular weight excluding hydrogens is 831 g/mol. The summed E-state index contributed by atoms with van der Waals surface area (Å²) in [7, 11) is 0. The van der Waals surface area contributed by atoms with Crippen molar-refractivity contribution in [3.05, 3.63) is 237 Å². The molecule has 0 saturated carbocycles. The van der Waals surface area contributed by atoms with Gasteiger partial charge in [0.2, 0.25) is 0 Å². The third-order valence-corrected chi connectivity index (χ3v) is 12.4. The van der Waals surface area contributed by atoms with Gasteiger partial charge in [-0.3, -0.25) is 19.9 Å². The topological polar surface area (TPSA) is 90.2 Å². The fraction of sp³-hybridized carbons (Fsp3) is 0. The molecule has 0 saturated heterocycles. The first kappa shape index (κ1) is 40.2.